The van der Waals surface area contributed by atoms with E-state index in [1.165, 1.54) is 5.56 Å². The van der Waals surface area contributed by atoms with Gasteiger partial charge in [-0.15, -0.1) is 0 Å². The zero-order valence-corrected chi connectivity index (χ0v) is 11.6. The molecule has 2 rings (SSSR count). The Hall–Kier alpha value is -2.10. The molecule has 1 N–H and O–H groups in total. The Morgan fingerprint density at radius 1 is 1.42 bits per heavy atom. The van der Waals surface area contributed by atoms with Gasteiger partial charge in [-0.25, -0.2) is 0 Å². The van der Waals surface area contributed by atoms with Gasteiger partial charge < -0.3 is 5.32 Å². The minimum atomic E-state index is 0.00922. The SMILES string of the molecule is Cc1ccc(NC(=O)C[C@H](C)n2cccn2)c(C)c1. The molecular weight excluding hydrogens is 238 g/mol. The van der Waals surface area contributed by atoms with Gasteiger partial charge in [0.2, 0.25) is 5.91 Å². The summed E-state index contributed by atoms with van der Waals surface area (Å²) in [5, 5.41) is 7.09. The summed E-state index contributed by atoms with van der Waals surface area (Å²) in [4.78, 5) is 12.0. The maximum Gasteiger partial charge on any atom is 0.226 e. The number of rotatable bonds is 4. The van der Waals surface area contributed by atoms with Crippen LogP contribution in [-0.4, -0.2) is 15.7 Å². The van der Waals surface area contributed by atoms with Gasteiger partial charge in [0.1, 0.15) is 0 Å². The molecule has 0 spiro atoms. The first kappa shape index (κ1) is 13.3. The molecule has 0 aliphatic carbocycles. The highest BCUT2D eigenvalue weighted by molar-refractivity contribution is 5.91. The summed E-state index contributed by atoms with van der Waals surface area (Å²) in [6.07, 6.45) is 4.00. The van der Waals surface area contributed by atoms with E-state index in [-0.39, 0.29) is 11.9 Å². The highest BCUT2D eigenvalue weighted by Crippen LogP contribution is 2.17. The molecule has 1 atom stereocenters. The van der Waals surface area contributed by atoms with Crippen LogP contribution in [-0.2, 0) is 4.79 Å². The van der Waals surface area contributed by atoms with E-state index in [4.69, 9.17) is 0 Å². The van der Waals surface area contributed by atoms with Crippen LogP contribution in [0.25, 0.3) is 0 Å². The van der Waals surface area contributed by atoms with Crippen LogP contribution in [0.5, 0.6) is 0 Å². The third-order valence-corrected chi connectivity index (χ3v) is 3.11. The predicted molar refractivity (Wildman–Crippen MR) is 76.1 cm³/mol. The van der Waals surface area contributed by atoms with Gasteiger partial charge in [-0.3, -0.25) is 9.48 Å². The number of amides is 1. The number of benzene rings is 1. The standard InChI is InChI=1S/C15H19N3O/c1-11-5-6-14(12(2)9-11)17-15(19)10-13(3)18-8-4-7-16-18/h4-9,13H,10H2,1-3H3,(H,17,19)/t13-/m0/s1. The first-order chi connectivity index (χ1) is 9.06. The van der Waals surface area contributed by atoms with Gasteiger partial charge >= 0.3 is 0 Å². The number of anilines is 1. The Kier molecular flexibility index (Phi) is 4.00. The topological polar surface area (TPSA) is 46.9 Å². The second-order valence-corrected chi connectivity index (χ2v) is 4.91. The number of aromatic nitrogens is 2. The molecule has 0 fully saturated rings. The molecule has 0 aliphatic rings. The zero-order chi connectivity index (χ0) is 13.8. The molecular formula is C15H19N3O. The van der Waals surface area contributed by atoms with Crippen molar-refractivity contribution in [1.29, 1.82) is 0 Å². The highest BCUT2D eigenvalue weighted by atomic mass is 16.1. The molecule has 0 bridgehead atoms. The average molecular weight is 257 g/mol. The largest absolute Gasteiger partial charge is 0.326 e. The van der Waals surface area contributed by atoms with Gasteiger partial charge in [-0.05, 0) is 38.5 Å². The van der Waals surface area contributed by atoms with Crippen LogP contribution in [0.1, 0.15) is 30.5 Å². The number of carbonyl (C=O) groups is 1. The van der Waals surface area contributed by atoms with Crippen LogP contribution >= 0.6 is 0 Å². The third kappa shape index (κ3) is 3.44. The van der Waals surface area contributed by atoms with E-state index in [0.29, 0.717) is 6.42 Å². The van der Waals surface area contributed by atoms with E-state index in [0.717, 1.165) is 11.3 Å². The lowest BCUT2D eigenvalue weighted by molar-refractivity contribution is -0.116. The summed E-state index contributed by atoms with van der Waals surface area (Å²) in [6, 6.07) is 7.92. The van der Waals surface area contributed by atoms with E-state index in [2.05, 4.69) is 16.5 Å². The Bertz CT molecular complexity index is 561. The number of carbonyl (C=O) groups excluding carboxylic acids is 1. The van der Waals surface area contributed by atoms with Crippen molar-refractivity contribution >= 4 is 11.6 Å². The molecule has 1 amide bonds. The molecule has 100 valence electrons. The van der Waals surface area contributed by atoms with Crippen molar-refractivity contribution in [1.82, 2.24) is 9.78 Å². The summed E-state index contributed by atoms with van der Waals surface area (Å²) >= 11 is 0. The Balaban J connectivity index is 1.98. The lowest BCUT2D eigenvalue weighted by Gasteiger charge is -2.13. The third-order valence-electron chi connectivity index (χ3n) is 3.11. The van der Waals surface area contributed by atoms with Crippen molar-refractivity contribution in [2.45, 2.75) is 33.2 Å². The molecule has 0 aliphatic heterocycles. The summed E-state index contributed by atoms with van der Waals surface area (Å²) in [5.41, 5.74) is 3.16. The number of nitrogens with one attached hydrogen (secondary N) is 1. The number of nitrogens with zero attached hydrogens (tertiary/aromatic N) is 2. The summed E-state index contributed by atoms with van der Waals surface area (Å²) in [5.74, 6) is 0.00922. The Morgan fingerprint density at radius 3 is 2.84 bits per heavy atom. The molecule has 1 heterocycles. The first-order valence-corrected chi connectivity index (χ1v) is 6.42. The van der Waals surface area contributed by atoms with E-state index in [9.17, 15) is 4.79 Å². The van der Waals surface area contributed by atoms with Gasteiger partial charge in [0.25, 0.3) is 0 Å². The van der Waals surface area contributed by atoms with Crippen LogP contribution in [0.3, 0.4) is 0 Å². The second-order valence-electron chi connectivity index (χ2n) is 4.91. The van der Waals surface area contributed by atoms with Crippen LogP contribution in [0.4, 0.5) is 5.69 Å². The average Bonchev–Trinajstić information content (AvgIpc) is 2.86. The van der Waals surface area contributed by atoms with Gasteiger partial charge in [0.15, 0.2) is 0 Å². The minimum absolute atomic E-state index is 0.00922. The fraction of sp³-hybridized carbons (Fsp3) is 0.333. The number of aryl methyl sites for hydroxylation is 2. The molecule has 19 heavy (non-hydrogen) atoms. The van der Waals surface area contributed by atoms with Crippen molar-refractivity contribution in [3.05, 3.63) is 47.8 Å². The molecule has 0 saturated heterocycles. The first-order valence-electron chi connectivity index (χ1n) is 6.42. The van der Waals surface area contributed by atoms with Crippen molar-refractivity contribution in [3.63, 3.8) is 0 Å². The molecule has 2 aromatic rings. The highest BCUT2D eigenvalue weighted by Gasteiger charge is 2.11. The normalized spacial score (nSPS) is 12.2. The predicted octanol–water partition coefficient (Wildman–Crippen LogP) is 3.09. The maximum absolute atomic E-state index is 12.0. The van der Waals surface area contributed by atoms with Crippen molar-refractivity contribution in [2.24, 2.45) is 0 Å². The smallest absolute Gasteiger partial charge is 0.226 e. The number of hydrogen-bond acceptors (Lipinski definition) is 2. The van der Waals surface area contributed by atoms with E-state index >= 15 is 0 Å². The molecule has 0 radical (unpaired) electrons. The van der Waals surface area contributed by atoms with E-state index < -0.39 is 0 Å². The molecule has 1 aromatic heterocycles. The van der Waals surface area contributed by atoms with E-state index in [1.54, 1.807) is 10.9 Å². The summed E-state index contributed by atoms with van der Waals surface area (Å²) in [7, 11) is 0. The van der Waals surface area contributed by atoms with Crippen LogP contribution in [0.2, 0.25) is 0 Å². The van der Waals surface area contributed by atoms with Crippen molar-refractivity contribution in [2.75, 3.05) is 5.32 Å². The Labute approximate surface area is 113 Å². The summed E-state index contributed by atoms with van der Waals surface area (Å²) in [6.45, 7) is 6.02. The van der Waals surface area contributed by atoms with Crippen LogP contribution in [0, 0.1) is 13.8 Å². The lowest BCUT2D eigenvalue weighted by atomic mass is 10.1. The maximum atomic E-state index is 12.0. The van der Waals surface area contributed by atoms with E-state index in [1.807, 2.05) is 45.2 Å². The fourth-order valence-electron chi connectivity index (χ4n) is 2.06. The second kappa shape index (κ2) is 5.69. The zero-order valence-electron chi connectivity index (χ0n) is 11.6. The monoisotopic (exact) mass is 257 g/mol. The van der Waals surface area contributed by atoms with Crippen LogP contribution in [0.15, 0.2) is 36.7 Å². The van der Waals surface area contributed by atoms with Crippen molar-refractivity contribution < 1.29 is 4.79 Å². The Morgan fingerprint density at radius 2 is 2.21 bits per heavy atom. The molecule has 0 saturated carbocycles. The van der Waals surface area contributed by atoms with Gasteiger partial charge in [0.05, 0.1) is 6.04 Å². The lowest BCUT2D eigenvalue weighted by Crippen LogP contribution is -2.18. The van der Waals surface area contributed by atoms with Crippen molar-refractivity contribution in [3.8, 4) is 0 Å². The molecule has 0 unspecified atom stereocenters. The van der Waals surface area contributed by atoms with Gasteiger partial charge in [-0.2, -0.15) is 5.10 Å². The number of hydrogen-bond donors (Lipinski definition) is 1. The summed E-state index contributed by atoms with van der Waals surface area (Å²) < 4.78 is 1.79. The van der Waals surface area contributed by atoms with Gasteiger partial charge in [-0.1, -0.05) is 17.7 Å². The fourth-order valence-corrected chi connectivity index (χ4v) is 2.06. The molecule has 4 nitrogen and oxygen atoms in total. The quantitative estimate of drug-likeness (QED) is 0.915. The van der Waals surface area contributed by atoms with Crippen LogP contribution < -0.4 is 5.32 Å². The molecule has 4 heteroatoms. The minimum Gasteiger partial charge on any atom is -0.326 e. The van der Waals surface area contributed by atoms with Gasteiger partial charge in [0, 0.05) is 24.5 Å². The molecule has 1 aromatic carbocycles.